The number of rotatable bonds is 9. The van der Waals surface area contributed by atoms with E-state index in [-0.39, 0.29) is 5.91 Å². The van der Waals surface area contributed by atoms with Gasteiger partial charge in [-0.3, -0.25) is 4.79 Å². The Kier molecular flexibility index (Phi) is 8.28. The van der Waals surface area contributed by atoms with Crippen molar-refractivity contribution in [2.45, 2.75) is 20.3 Å². The Bertz CT molecular complexity index is 1320. The predicted molar refractivity (Wildman–Crippen MR) is 147 cm³/mol. The maximum absolute atomic E-state index is 12.5. The molecule has 4 rings (SSSR count). The zero-order valence-corrected chi connectivity index (χ0v) is 21.8. The SMILES string of the molecule is CCCOc1ccc(/C=N\NC(=O)c2ccc(-c3csc(Nc4ccc(C)cc4)n3)cc2)cc1Br. The van der Waals surface area contributed by atoms with Gasteiger partial charge in [0.05, 0.1) is 23.0 Å². The molecule has 0 unspecified atom stereocenters. The Morgan fingerprint density at radius 3 is 2.60 bits per heavy atom. The molecule has 0 saturated carbocycles. The first-order chi connectivity index (χ1) is 17.0. The van der Waals surface area contributed by atoms with Crippen molar-refractivity contribution in [1.29, 1.82) is 0 Å². The molecule has 0 bridgehead atoms. The van der Waals surface area contributed by atoms with Crippen LogP contribution in [0, 0.1) is 6.92 Å². The number of carbonyl (C=O) groups is 1. The minimum absolute atomic E-state index is 0.283. The van der Waals surface area contributed by atoms with Crippen LogP contribution in [0.3, 0.4) is 0 Å². The summed E-state index contributed by atoms with van der Waals surface area (Å²) in [6.45, 7) is 4.78. The number of anilines is 2. The summed E-state index contributed by atoms with van der Waals surface area (Å²) in [6, 6.07) is 21.1. The number of hydrogen-bond donors (Lipinski definition) is 2. The highest BCUT2D eigenvalue weighted by Crippen LogP contribution is 2.28. The molecule has 1 amide bonds. The largest absolute Gasteiger partial charge is 0.492 e. The zero-order valence-electron chi connectivity index (χ0n) is 19.4. The molecule has 0 aliphatic heterocycles. The van der Waals surface area contributed by atoms with E-state index < -0.39 is 0 Å². The summed E-state index contributed by atoms with van der Waals surface area (Å²) in [6.07, 6.45) is 2.54. The van der Waals surface area contributed by atoms with Crippen LogP contribution in [0.15, 0.2) is 81.7 Å². The minimum atomic E-state index is -0.283. The maximum Gasteiger partial charge on any atom is 0.271 e. The van der Waals surface area contributed by atoms with Crippen LogP contribution in [0.4, 0.5) is 10.8 Å². The molecule has 0 aliphatic carbocycles. The molecule has 0 fully saturated rings. The van der Waals surface area contributed by atoms with Crippen LogP contribution < -0.4 is 15.5 Å². The summed E-state index contributed by atoms with van der Waals surface area (Å²) in [5.74, 6) is 0.501. The molecular formula is C27H25BrN4O2S. The number of hydrogen-bond acceptors (Lipinski definition) is 6. The first-order valence-corrected chi connectivity index (χ1v) is 12.8. The van der Waals surface area contributed by atoms with Crippen LogP contribution in [0.1, 0.15) is 34.8 Å². The number of ether oxygens (including phenoxy) is 1. The van der Waals surface area contributed by atoms with Crippen molar-refractivity contribution in [3.8, 4) is 17.0 Å². The predicted octanol–water partition coefficient (Wildman–Crippen LogP) is 7.18. The average Bonchev–Trinajstić information content (AvgIpc) is 3.33. The number of hydrazone groups is 1. The van der Waals surface area contributed by atoms with Crippen LogP contribution in [-0.4, -0.2) is 23.7 Å². The van der Waals surface area contributed by atoms with Gasteiger partial charge in [-0.15, -0.1) is 11.3 Å². The van der Waals surface area contributed by atoms with Crippen LogP contribution in [0.25, 0.3) is 11.3 Å². The molecule has 0 spiro atoms. The van der Waals surface area contributed by atoms with E-state index in [1.165, 1.54) is 16.9 Å². The monoisotopic (exact) mass is 548 g/mol. The molecule has 1 heterocycles. The van der Waals surface area contributed by atoms with Crippen molar-refractivity contribution >= 4 is 50.2 Å². The molecule has 6 nitrogen and oxygen atoms in total. The molecule has 3 aromatic carbocycles. The van der Waals surface area contributed by atoms with E-state index in [0.29, 0.717) is 12.2 Å². The molecule has 0 aliphatic rings. The van der Waals surface area contributed by atoms with E-state index in [1.54, 1.807) is 18.3 Å². The van der Waals surface area contributed by atoms with Gasteiger partial charge < -0.3 is 10.1 Å². The Morgan fingerprint density at radius 1 is 1.11 bits per heavy atom. The van der Waals surface area contributed by atoms with Gasteiger partial charge in [-0.2, -0.15) is 5.10 Å². The smallest absolute Gasteiger partial charge is 0.271 e. The number of carbonyl (C=O) groups excluding carboxylic acids is 1. The summed E-state index contributed by atoms with van der Waals surface area (Å²) in [4.78, 5) is 17.1. The molecule has 0 atom stereocenters. The number of nitrogens with zero attached hydrogens (tertiary/aromatic N) is 2. The lowest BCUT2D eigenvalue weighted by Crippen LogP contribution is -2.17. The van der Waals surface area contributed by atoms with Gasteiger partial charge in [-0.1, -0.05) is 36.8 Å². The van der Waals surface area contributed by atoms with Gasteiger partial charge in [0, 0.05) is 22.2 Å². The van der Waals surface area contributed by atoms with Gasteiger partial charge in [-0.25, -0.2) is 10.4 Å². The molecule has 0 radical (unpaired) electrons. The Hall–Kier alpha value is -3.49. The number of aromatic nitrogens is 1. The number of amides is 1. The summed E-state index contributed by atoms with van der Waals surface area (Å²) >= 11 is 5.04. The Balaban J connectivity index is 1.34. The lowest BCUT2D eigenvalue weighted by atomic mass is 10.1. The van der Waals surface area contributed by atoms with Gasteiger partial charge in [0.25, 0.3) is 5.91 Å². The van der Waals surface area contributed by atoms with Crippen molar-refractivity contribution in [3.05, 3.63) is 93.3 Å². The number of thiazole rings is 1. The second-order valence-electron chi connectivity index (χ2n) is 7.84. The first-order valence-electron chi connectivity index (χ1n) is 11.2. The average molecular weight is 549 g/mol. The summed E-state index contributed by atoms with van der Waals surface area (Å²) in [7, 11) is 0. The lowest BCUT2D eigenvalue weighted by molar-refractivity contribution is 0.0955. The zero-order chi connectivity index (χ0) is 24.6. The van der Waals surface area contributed by atoms with Crippen molar-refractivity contribution in [2.75, 3.05) is 11.9 Å². The molecular weight excluding hydrogens is 524 g/mol. The molecule has 35 heavy (non-hydrogen) atoms. The quantitative estimate of drug-likeness (QED) is 0.171. The molecule has 178 valence electrons. The second kappa shape index (κ2) is 11.8. The molecule has 2 N–H and O–H groups in total. The van der Waals surface area contributed by atoms with Crippen molar-refractivity contribution in [3.63, 3.8) is 0 Å². The maximum atomic E-state index is 12.5. The van der Waals surface area contributed by atoms with E-state index in [1.807, 2.05) is 47.8 Å². The van der Waals surface area contributed by atoms with Gasteiger partial charge in [0.1, 0.15) is 5.75 Å². The van der Waals surface area contributed by atoms with Crippen LogP contribution >= 0.6 is 27.3 Å². The molecule has 4 aromatic rings. The molecule has 8 heteroatoms. The Labute approximate surface area is 217 Å². The minimum Gasteiger partial charge on any atom is -0.492 e. The number of aryl methyl sites for hydroxylation is 1. The van der Waals surface area contributed by atoms with Crippen LogP contribution in [-0.2, 0) is 0 Å². The standard InChI is InChI=1S/C27H25BrN4O2S/c1-3-14-34-25-13-6-19(15-23(25)28)16-29-32-26(33)21-9-7-20(8-10-21)24-17-35-27(31-24)30-22-11-4-18(2)5-12-22/h4-13,15-17H,3,14H2,1-2H3,(H,30,31)(H,32,33)/b29-16-. The van der Waals surface area contributed by atoms with E-state index in [0.717, 1.165) is 44.3 Å². The van der Waals surface area contributed by atoms with E-state index in [4.69, 9.17) is 4.74 Å². The van der Waals surface area contributed by atoms with Crippen molar-refractivity contribution < 1.29 is 9.53 Å². The van der Waals surface area contributed by atoms with Crippen LogP contribution in [0.5, 0.6) is 5.75 Å². The third-order valence-corrected chi connectivity index (χ3v) is 6.42. The van der Waals surface area contributed by atoms with Gasteiger partial charge in [0.2, 0.25) is 0 Å². The third kappa shape index (κ3) is 6.77. The fourth-order valence-corrected chi connectivity index (χ4v) is 4.42. The van der Waals surface area contributed by atoms with E-state index >= 15 is 0 Å². The highest BCUT2D eigenvalue weighted by atomic mass is 79.9. The fraction of sp³-hybridized carbons (Fsp3) is 0.148. The van der Waals surface area contributed by atoms with Gasteiger partial charge in [0.15, 0.2) is 5.13 Å². The van der Waals surface area contributed by atoms with E-state index in [2.05, 4.69) is 62.7 Å². The lowest BCUT2D eigenvalue weighted by Gasteiger charge is -2.07. The molecule has 1 aromatic heterocycles. The number of benzene rings is 3. The van der Waals surface area contributed by atoms with E-state index in [9.17, 15) is 4.79 Å². The van der Waals surface area contributed by atoms with Gasteiger partial charge in [-0.05, 0) is 77.3 Å². The Morgan fingerprint density at radius 2 is 1.89 bits per heavy atom. The van der Waals surface area contributed by atoms with Crippen molar-refractivity contribution in [1.82, 2.24) is 10.4 Å². The highest BCUT2D eigenvalue weighted by molar-refractivity contribution is 9.10. The normalized spacial score (nSPS) is 10.9. The third-order valence-electron chi connectivity index (χ3n) is 5.05. The number of nitrogens with one attached hydrogen (secondary N) is 2. The highest BCUT2D eigenvalue weighted by Gasteiger charge is 2.08. The first kappa shape index (κ1) is 24.6. The summed E-state index contributed by atoms with van der Waals surface area (Å²) in [5, 5.41) is 10.2. The van der Waals surface area contributed by atoms with Crippen LogP contribution in [0.2, 0.25) is 0 Å². The molecule has 0 saturated heterocycles. The van der Waals surface area contributed by atoms with Gasteiger partial charge >= 0.3 is 0 Å². The topological polar surface area (TPSA) is 75.6 Å². The van der Waals surface area contributed by atoms with Crippen molar-refractivity contribution in [2.24, 2.45) is 5.10 Å². The second-order valence-corrected chi connectivity index (χ2v) is 9.56. The fourth-order valence-electron chi connectivity index (χ4n) is 3.17. The summed E-state index contributed by atoms with van der Waals surface area (Å²) in [5.41, 5.74) is 7.93. The number of halogens is 1. The summed E-state index contributed by atoms with van der Waals surface area (Å²) < 4.78 is 6.49.